The SMILES string of the molecule is CC(C)(Oc1ccc(Cl)cc1)C(=O)N(CCCN1CCOCC1)c1nc2ccccc2s1.Cl. The van der Waals surface area contributed by atoms with Crippen LogP contribution >= 0.6 is 35.3 Å². The van der Waals surface area contributed by atoms with Gasteiger partial charge in [0.15, 0.2) is 10.7 Å². The second-order valence-electron chi connectivity index (χ2n) is 8.29. The summed E-state index contributed by atoms with van der Waals surface area (Å²) in [5.74, 6) is 0.485. The van der Waals surface area contributed by atoms with Gasteiger partial charge in [0.05, 0.1) is 23.4 Å². The number of morpholine rings is 1. The molecule has 1 amide bonds. The molecule has 9 heteroatoms. The van der Waals surface area contributed by atoms with Gasteiger partial charge in [-0.3, -0.25) is 14.6 Å². The molecule has 33 heavy (non-hydrogen) atoms. The van der Waals surface area contributed by atoms with E-state index >= 15 is 0 Å². The molecule has 0 bridgehead atoms. The first-order valence-electron chi connectivity index (χ1n) is 10.8. The van der Waals surface area contributed by atoms with Crippen LogP contribution in [0, 0.1) is 0 Å². The van der Waals surface area contributed by atoms with Gasteiger partial charge in [-0.15, -0.1) is 12.4 Å². The normalized spacial score (nSPS) is 14.6. The zero-order valence-corrected chi connectivity index (χ0v) is 21.2. The first-order valence-corrected chi connectivity index (χ1v) is 12.0. The van der Waals surface area contributed by atoms with Crippen LogP contribution in [0.15, 0.2) is 48.5 Å². The minimum absolute atomic E-state index is 0. The molecular formula is C24H29Cl2N3O3S. The Morgan fingerprint density at radius 2 is 1.88 bits per heavy atom. The lowest BCUT2D eigenvalue weighted by molar-refractivity contribution is -0.131. The van der Waals surface area contributed by atoms with Crippen molar-refractivity contribution in [3.63, 3.8) is 0 Å². The third-order valence-electron chi connectivity index (χ3n) is 5.42. The summed E-state index contributed by atoms with van der Waals surface area (Å²) >= 11 is 7.52. The quantitative estimate of drug-likeness (QED) is 0.413. The van der Waals surface area contributed by atoms with Gasteiger partial charge in [-0.2, -0.15) is 0 Å². The predicted octanol–water partition coefficient (Wildman–Crippen LogP) is 5.28. The van der Waals surface area contributed by atoms with E-state index in [1.165, 1.54) is 11.3 Å². The maximum atomic E-state index is 13.7. The molecule has 1 aromatic heterocycles. The van der Waals surface area contributed by atoms with Crippen molar-refractivity contribution in [2.24, 2.45) is 0 Å². The summed E-state index contributed by atoms with van der Waals surface area (Å²) < 4.78 is 12.6. The van der Waals surface area contributed by atoms with E-state index in [2.05, 4.69) is 4.90 Å². The monoisotopic (exact) mass is 509 g/mol. The summed E-state index contributed by atoms with van der Waals surface area (Å²) in [6, 6.07) is 15.0. The van der Waals surface area contributed by atoms with Crippen molar-refractivity contribution >= 4 is 56.6 Å². The molecule has 6 nitrogen and oxygen atoms in total. The number of carbonyl (C=O) groups excluding carboxylic acids is 1. The van der Waals surface area contributed by atoms with Gasteiger partial charge in [0, 0.05) is 31.2 Å². The Bertz CT molecular complexity index is 1020. The number of thiazole rings is 1. The molecule has 2 aromatic carbocycles. The molecule has 1 aliphatic rings. The number of benzene rings is 2. The van der Waals surface area contributed by atoms with Crippen LogP contribution in [0.1, 0.15) is 20.3 Å². The number of anilines is 1. The highest BCUT2D eigenvalue weighted by Gasteiger charge is 2.36. The lowest BCUT2D eigenvalue weighted by atomic mass is 10.1. The Morgan fingerprint density at radius 3 is 2.58 bits per heavy atom. The number of fused-ring (bicyclic) bond motifs is 1. The van der Waals surface area contributed by atoms with E-state index in [0.29, 0.717) is 22.4 Å². The van der Waals surface area contributed by atoms with Crippen molar-refractivity contribution in [3.05, 3.63) is 53.6 Å². The van der Waals surface area contributed by atoms with E-state index in [4.69, 9.17) is 26.1 Å². The summed E-state index contributed by atoms with van der Waals surface area (Å²) in [4.78, 5) is 22.6. The van der Waals surface area contributed by atoms with Crippen LogP contribution in [0.4, 0.5) is 5.13 Å². The van der Waals surface area contributed by atoms with Crippen LogP contribution in [-0.2, 0) is 9.53 Å². The maximum Gasteiger partial charge on any atom is 0.272 e. The lowest BCUT2D eigenvalue weighted by Gasteiger charge is -2.32. The van der Waals surface area contributed by atoms with Crippen molar-refractivity contribution in [3.8, 4) is 5.75 Å². The summed E-state index contributed by atoms with van der Waals surface area (Å²) in [6.07, 6.45) is 0.846. The first-order chi connectivity index (χ1) is 15.4. The van der Waals surface area contributed by atoms with E-state index in [9.17, 15) is 4.79 Å². The van der Waals surface area contributed by atoms with Crippen LogP contribution in [-0.4, -0.2) is 60.8 Å². The number of halogens is 2. The molecule has 0 N–H and O–H groups in total. The molecular weight excluding hydrogens is 481 g/mol. The van der Waals surface area contributed by atoms with Crippen molar-refractivity contribution in [1.82, 2.24) is 9.88 Å². The van der Waals surface area contributed by atoms with Gasteiger partial charge in [0.1, 0.15) is 5.75 Å². The summed E-state index contributed by atoms with van der Waals surface area (Å²) in [5, 5.41) is 1.33. The number of amides is 1. The highest BCUT2D eigenvalue weighted by Crippen LogP contribution is 2.31. The Morgan fingerprint density at radius 1 is 1.18 bits per heavy atom. The largest absolute Gasteiger partial charge is 0.478 e. The number of para-hydroxylation sites is 1. The molecule has 178 valence electrons. The topological polar surface area (TPSA) is 54.9 Å². The Balaban J connectivity index is 0.00000306. The molecule has 0 aliphatic carbocycles. The Labute approximate surface area is 209 Å². The maximum absolute atomic E-state index is 13.7. The van der Waals surface area contributed by atoms with Crippen molar-refractivity contribution in [1.29, 1.82) is 0 Å². The van der Waals surface area contributed by atoms with Gasteiger partial charge in [0.2, 0.25) is 0 Å². The first kappa shape index (κ1) is 25.7. The van der Waals surface area contributed by atoms with Gasteiger partial charge in [-0.1, -0.05) is 35.1 Å². The highest BCUT2D eigenvalue weighted by atomic mass is 35.5. The fraction of sp³-hybridized carbons (Fsp3) is 0.417. The standard InChI is InChI=1S/C24H28ClN3O3S.ClH/c1-24(2,31-19-10-8-18(25)9-11-19)22(29)28(13-5-12-27-14-16-30-17-15-27)23-26-20-6-3-4-7-21(20)32-23;/h3-4,6-11H,5,12-17H2,1-2H3;1H. The molecule has 0 unspecified atom stereocenters. The van der Waals surface area contributed by atoms with Crippen LogP contribution in [0.3, 0.4) is 0 Å². The Kier molecular flexibility index (Phi) is 8.95. The molecule has 0 spiro atoms. The van der Waals surface area contributed by atoms with E-state index in [-0.39, 0.29) is 18.3 Å². The fourth-order valence-electron chi connectivity index (χ4n) is 3.70. The van der Waals surface area contributed by atoms with Gasteiger partial charge >= 0.3 is 0 Å². The molecule has 1 fully saturated rings. The van der Waals surface area contributed by atoms with Crippen molar-refractivity contribution in [2.75, 3.05) is 44.3 Å². The molecule has 2 heterocycles. The molecule has 0 saturated carbocycles. The molecule has 1 aliphatic heterocycles. The molecule has 4 rings (SSSR count). The number of nitrogens with zero attached hydrogens (tertiary/aromatic N) is 3. The third-order valence-corrected chi connectivity index (χ3v) is 6.73. The lowest BCUT2D eigenvalue weighted by Crippen LogP contribution is -2.50. The number of rotatable bonds is 8. The molecule has 1 saturated heterocycles. The van der Waals surface area contributed by atoms with E-state index in [1.807, 2.05) is 24.3 Å². The molecule has 3 aromatic rings. The second kappa shape index (κ2) is 11.5. The number of ether oxygens (including phenoxy) is 2. The average molecular weight is 510 g/mol. The number of hydrogen-bond donors (Lipinski definition) is 0. The smallest absolute Gasteiger partial charge is 0.272 e. The van der Waals surface area contributed by atoms with Crippen LogP contribution < -0.4 is 9.64 Å². The molecule has 0 radical (unpaired) electrons. The summed E-state index contributed by atoms with van der Waals surface area (Å²) in [6.45, 7) is 8.48. The second-order valence-corrected chi connectivity index (χ2v) is 9.74. The van der Waals surface area contributed by atoms with Crippen molar-refractivity contribution < 1.29 is 14.3 Å². The van der Waals surface area contributed by atoms with Crippen LogP contribution in [0.25, 0.3) is 10.2 Å². The third kappa shape index (κ3) is 6.58. The predicted molar refractivity (Wildman–Crippen MR) is 137 cm³/mol. The van der Waals surface area contributed by atoms with Crippen molar-refractivity contribution in [2.45, 2.75) is 25.9 Å². The summed E-state index contributed by atoms with van der Waals surface area (Å²) in [7, 11) is 0. The zero-order valence-electron chi connectivity index (χ0n) is 18.8. The van der Waals surface area contributed by atoms with E-state index in [1.54, 1.807) is 43.0 Å². The fourth-order valence-corrected chi connectivity index (χ4v) is 4.82. The minimum atomic E-state index is -1.06. The van der Waals surface area contributed by atoms with E-state index < -0.39 is 5.60 Å². The van der Waals surface area contributed by atoms with Gasteiger partial charge in [0.25, 0.3) is 5.91 Å². The van der Waals surface area contributed by atoms with Gasteiger partial charge < -0.3 is 9.47 Å². The van der Waals surface area contributed by atoms with Gasteiger partial charge in [-0.25, -0.2) is 4.98 Å². The average Bonchev–Trinajstić information content (AvgIpc) is 3.22. The number of hydrogen-bond acceptors (Lipinski definition) is 6. The van der Waals surface area contributed by atoms with E-state index in [0.717, 1.165) is 49.5 Å². The van der Waals surface area contributed by atoms with Crippen LogP contribution in [0.2, 0.25) is 5.02 Å². The number of carbonyl (C=O) groups is 1. The van der Waals surface area contributed by atoms with Crippen LogP contribution in [0.5, 0.6) is 5.75 Å². The van der Waals surface area contributed by atoms with Gasteiger partial charge in [-0.05, 0) is 56.7 Å². The highest BCUT2D eigenvalue weighted by molar-refractivity contribution is 7.22. The molecule has 0 atom stereocenters. The Hall–Kier alpha value is -1.90. The minimum Gasteiger partial charge on any atom is -0.478 e. The number of aromatic nitrogens is 1. The summed E-state index contributed by atoms with van der Waals surface area (Å²) in [5.41, 5.74) is -0.167. The zero-order chi connectivity index (χ0) is 22.6.